The van der Waals surface area contributed by atoms with Crippen LogP contribution in [0, 0.1) is 5.82 Å². The second kappa shape index (κ2) is 8.80. The Hall–Kier alpha value is -3.06. The van der Waals surface area contributed by atoms with Crippen molar-refractivity contribution in [2.75, 3.05) is 12.3 Å². The monoisotopic (exact) mass is 544 g/mol. The molecule has 0 saturated carbocycles. The van der Waals surface area contributed by atoms with Crippen LogP contribution in [-0.2, 0) is 15.3 Å². The van der Waals surface area contributed by atoms with E-state index >= 15 is 4.39 Å². The van der Waals surface area contributed by atoms with Crippen molar-refractivity contribution in [2.45, 2.75) is 37.2 Å². The van der Waals surface area contributed by atoms with Crippen molar-refractivity contribution in [3.8, 4) is 22.8 Å². The fourth-order valence-electron chi connectivity index (χ4n) is 3.73. The van der Waals surface area contributed by atoms with Gasteiger partial charge in [0.2, 0.25) is 0 Å². The van der Waals surface area contributed by atoms with Crippen LogP contribution in [0.5, 0.6) is 0 Å². The lowest BCUT2D eigenvalue weighted by Gasteiger charge is -2.40. The second-order valence-corrected chi connectivity index (χ2v) is 12.2. The number of nitrogens with two attached hydrogens (primary N) is 1. The summed E-state index contributed by atoms with van der Waals surface area (Å²) in [5.41, 5.74) is 5.17. The third kappa shape index (κ3) is 4.81. The number of aromatic nitrogens is 3. The maximum Gasteiger partial charge on any atom is 0.408 e. The summed E-state index contributed by atoms with van der Waals surface area (Å²) in [5, 5.41) is 4.26. The molecule has 0 amide bonds. The molecule has 2 aromatic heterocycles. The molecule has 8 nitrogen and oxygen atoms in total. The quantitative estimate of drug-likeness (QED) is 0.462. The SMILES string of the molecule is CC1(C)C(N)=N[C@](C)(c2cc(-c3cc(-c4ncc(Cl)cn4)no3)ccc2F)C[S@@]1(=O)=NCC(F)(F)F. The zero-order chi connectivity index (χ0) is 26.5. The van der Waals surface area contributed by atoms with Gasteiger partial charge < -0.3 is 10.3 Å². The molecule has 4 rings (SSSR count). The van der Waals surface area contributed by atoms with Gasteiger partial charge in [-0.15, -0.1) is 0 Å². The molecule has 36 heavy (non-hydrogen) atoms. The predicted octanol–water partition coefficient (Wildman–Crippen LogP) is 4.99. The number of alkyl halides is 3. The second-order valence-electron chi connectivity index (χ2n) is 8.96. The zero-order valence-electron chi connectivity index (χ0n) is 19.3. The first-order valence-corrected chi connectivity index (χ1v) is 12.6. The zero-order valence-corrected chi connectivity index (χ0v) is 20.9. The van der Waals surface area contributed by atoms with Crippen LogP contribution >= 0.6 is 11.6 Å². The van der Waals surface area contributed by atoms with Gasteiger partial charge in [-0.25, -0.2) is 22.9 Å². The minimum atomic E-state index is -4.66. The summed E-state index contributed by atoms with van der Waals surface area (Å²) in [6.07, 6.45) is -1.88. The summed E-state index contributed by atoms with van der Waals surface area (Å²) in [5.74, 6) is -0.870. The van der Waals surface area contributed by atoms with Gasteiger partial charge in [-0.05, 0) is 39.0 Å². The summed E-state index contributed by atoms with van der Waals surface area (Å²) in [6.45, 7) is 2.66. The average molecular weight is 545 g/mol. The van der Waals surface area contributed by atoms with Crippen LogP contribution in [0.1, 0.15) is 26.3 Å². The molecule has 0 radical (unpaired) electrons. The lowest BCUT2D eigenvalue weighted by Crippen LogP contribution is -2.55. The topological polar surface area (TPSA) is 120 Å². The first kappa shape index (κ1) is 26.0. The molecule has 0 spiro atoms. The molecule has 0 fully saturated rings. The molecule has 1 aromatic carbocycles. The van der Waals surface area contributed by atoms with Gasteiger partial charge in [-0.2, -0.15) is 13.2 Å². The molecule has 0 unspecified atom stereocenters. The van der Waals surface area contributed by atoms with Crippen LogP contribution in [0.4, 0.5) is 17.6 Å². The van der Waals surface area contributed by atoms with Gasteiger partial charge in [-0.3, -0.25) is 4.99 Å². The minimum Gasteiger partial charge on any atom is -0.386 e. The molecule has 3 heterocycles. The summed E-state index contributed by atoms with van der Waals surface area (Å²) >= 11 is 5.80. The molecule has 1 aliphatic rings. The number of nitrogens with zero attached hydrogens (tertiary/aromatic N) is 5. The molecule has 192 valence electrons. The van der Waals surface area contributed by atoms with E-state index < -0.39 is 44.3 Å². The van der Waals surface area contributed by atoms with Gasteiger partial charge in [0.05, 0.1) is 20.5 Å². The third-order valence-corrected chi connectivity index (χ3v) is 9.40. The standard InChI is InChI=1S/C22H21ClF4N6O2S/c1-20(2)19(28)32-21(3,11-36(20,34)31-10-22(25,26)27)14-6-12(4-5-15(14)24)17-7-16(33-35-17)18-29-8-13(23)9-30-18/h4-9H,10-11H2,1-3H3,(H2,28,32)/t21-,36-/m0/s1. The van der Waals surface area contributed by atoms with E-state index in [0.29, 0.717) is 16.3 Å². The van der Waals surface area contributed by atoms with Crippen LogP contribution in [0.2, 0.25) is 5.02 Å². The number of hydrogen-bond acceptors (Lipinski definition) is 8. The number of halogens is 5. The Morgan fingerprint density at radius 2 is 1.86 bits per heavy atom. The molecule has 2 N–H and O–H groups in total. The summed E-state index contributed by atoms with van der Waals surface area (Å²) in [4.78, 5) is 12.5. The smallest absolute Gasteiger partial charge is 0.386 e. The number of aliphatic imine (C=N–C) groups is 1. The Balaban J connectivity index is 1.77. The highest BCUT2D eigenvalue weighted by Gasteiger charge is 2.48. The van der Waals surface area contributed by atoms with Crippen molar-refractivity contribution in [2.24, 2.45) is 15.1 Å². The van der Waals surface area contributed by atoms with Crippen LogP contribution in [0.15, 0.2) is 50.5 Å². The Morgan fingerprint density at radius 1 is 1.19 bits per heavy atom. The molecule has 0 saturated heterocycles. The van der Waals surface area contributed by atoms with E-state index in [-0.39, 0.29) is 23.0 Å². The maximum atomic E-state index is 15.1. The van der Waals surface area contributed by atoms with Crippen LogP contribution in [0.3, 0.4) is 0 Å². The van der Waals surface area contributed by atoms with E-state index in [1.54, 1.807) is 0 Å². The highest BCUT2D eigenvalue weighted by Crippen LogP contribution is 2.40. The number of benzene rings is 1. The Kier molecular flexibility index (Phi) is 6.36. The van der Waals surface area contributed by atoms with E-state index in [4.69, 9.17) is 21.9 Å². The Labute approximate surface area is 209 Å². The molecular formula is C22H21ClF4N6O2S. The number of amidine groups is 1. The number of rotatable bonds is 4. The van der Waals surface area contributed by atoms with Gasteiger partial charge in [0.1, 0.15) is 28.5 Å². The van der Waals surface area contributed by atoms with E-state index in [1.807, 2.05) is 0 Å². The van der Waals surface area contributed by atoms with Gasteiger partial charge in [0.15, 0.2) is 17.3 Å². The minimum absolute atomic E-state index is 0.0333. The van der Waals surface area contributed by atoms with E-state index in [1.165, 1.54) is 51.4 Å². The van der Waals surface area contributed by atoms with Crippen molar-refractivity contribution >= 4 is 27.2 Å². The third-order valence-electron chi connectivity index (χ3n) is 5.90. The first-order chi connectivity index (χ1) is 16.6. The normalized spacial score (nSPS) is 23.8. The van der Waals surface area contributed by atoms with Gasteiger partial charge in [0, 0.05) is 29.6 Å². The Bertz CT molecular complexity index is 1460. The maximum absolute atomic E-state index is 15.1. The molecule has 2 atom stereocenters. The molecule has 0 bridgehead atoms. The van der Waals surface area contributed by atoms with Crippen LogP contribution < -0.4 is 5.73 Å². The molecular weight excluding hydrogens is 524 g/mol. The molecule has 1 aliphatic heterocycles. The summed E-state index contributed by atoms with van der Waals surface area (Å²) in [6, 6.07) is 5.52. The molecule has 14 heteroatoms. The van der Waals surface area contributed by atoms with Crippen LogP contribution in [-0.4, -0.2) is 48.4 Å². The average Bonchev–Trinajstić information content (AvgIpc) is 3.27. The van der Waals surface area contributed by atoms with E-state index in [9.17, 15) is 17.4 Å². The lowest BCUT2D eigenvalue weighted by molar-refractivity contribution is -0.117. The fourth-order valence-corrected chi connectivity index (χ4v) is 6.31. The fraction of sp³-hybridized carbons (Fsp3) is 0.364. The highest BCUT2D eigenvalue weighted by atomic mass is 35.5. The first-order valence-electron chi connectivity index (χ1n) is 10.5. The lowest BCUT2D eigenvalue weighted by atomic mass is 9.91. The van der Waals surface area contributed by atoms with E-state index in [2.05, 4.69) is 24.5 Å². The van der Waals surface area contributed by atoms with Crippen molar-refractivity contribution < 1.29 is 26.3 Å². The van der Waals surface area contributed by atoms with Crippen molar-refractivity contribution in [3.05, 3.63) is 53.1 Å². The van der Waals surface area contributed by atoms with Gasteiger partial charge >= 0.3 is 6.18 Å². The van der Waals surface area contributed by atoms with Crippen LogP contribution in [0.25, 0.3) is 22.8 Å². The predicted molar refractivity (Wildman–Crippen MR) is 127 cm³/mol. The highest BCUT2D eigenvalue weighted by molar-refractivity contribution is 7.95. The van der Waals surface area contributed by atoms with Crippen molar-refractivity contribution in [1.82, 2.24) is 15.1 Å². The van der Waals surface area contributed by atoms with Crippen molar-refractivity contribution in [1.29, 1.82) is 0 Å². The van der Waals surface area contributed by atoms with Gasteiger partial charge in [-0.1, -0.05) is 16.8 Å². The van der Waals surface area contributed by atoms with Crippen molar-refractivity contribution in [3.63, 3.8) is 0 Å². The largest absolute Gasteiger partial charge is 0.408 e. The molecule has 3 aromatic rings. The summed E-state index contributed by atoms with van der Waals surface area (Å²) < 4.78 is 75.0. The summed E-state index contributed by atoms with van der Waals surface area (Å²) in [7, 11) is -3.62. The van der Waals surface area contributed by atoms with E-state index in [0.717, 1.165) is 6.07 Å². The number of hydrogen-bond donors (Lipinski definition) is 1. The molecule has 0 aliphatic carbocycles. The Morgan fingerprint density at radius 3 is 2.50 bits per heavy atom. The van der Waals surface area contributed by atoms with Gasteiger partial charge in [0.25, 0.3) is 0 Å².